The van der Waals surface area contributed by atoms with Crippen LogP contribution >= 0.6 is 0 Å². The molecule has 1 aromatic rings. The third kappa shape index (κ3) is 5.75. The van der Waals surface area contributed by atoms with E-state index in [1.54, 1.807) is 0 Å². The van der Waals surface area contributed by atoms with E-state index in [0.717, 1.165) is 18.9 Å². The van der Waals surface area contributed by atoms with Crippen molar-refractivity contribution in [3.05, 3.63) is 42.3 Å². The maximum Gasteiger partial charge on any atom is 0.0699 e. The molecule has 0 bridgehead atoms. The Kier molecular flexibility index (Phi) is 6.38. The quantitative estimate of drug-likeness (QED) is 0.790. The van der Waals surface area contributed by atoms with Crippen LogP contribution in [0.2, 0.25) is 0 Å². The van der Waals surface area contributed by atoms with Gasteiger partial charge in [0.15, 0.2) is 0 Å². The molecule has 2 rings (SSSR count). The number of hydrogen-bond donors (Lipinski definition) is 2. The second-order valence-electron chi connectivity index (χ2n) is 5.66. The largest absolute Gasteiger partial charge is 0.391 e. The lowest BCUT2D eigenvalue weighted by molar-refractivity contribution is 0.195. The average Bonchev–Trinajstić information content (AvgIpc) is 2.47. The first-order valence-electron chi connectivity index (χ1n) is 7.60. The molecule has 1 fully saturated rings. The Morgan fingerprint density at radius 3 is 2.63 bits per heavy atom. The molecule has 1 atom stereocenters. The second-order valence-corrected chi connectivity index (χ2v) is 5.66. The third-order valence-corrected chi connectivity index (χ3v) is 3.98. The number of rotatable bonds is 7. The van der Waals surface area contributed by atoms with Gasteiger partial charge in [-0.15, -0.1) is 0 Å². The molecule has 1 aliphatic carbocycles. The van der Waals surface area contributed by atoms with E-state index < -0.39 is 0 Å². The van der Waals surface area contributed by atoms with Gasteiger partial charge in [0.25, 0.3) is 0 Å². The van der Waals surface area contributed by atoms with Crippen LogP contribution in [0.3, 0.4) is 0 Å². The maximum atomic E-state index is 9.92. The SMILES string of the molecule is OC([CH]Cc1ccccc1)CNCC1CCCCC1. The predicted octanol–water partition coefficient (Wildman–Crippen LogP) is 2.96. The molecular formula is C17H26NO. The van der Waals surface area contributed by atoms with Crippen molar-refractivity contribution >= 4 is 0 Å². The fourth-order valence-corrected chi connectivity index (χ4v) is 2.80. The van der Waals surface area contributed by atoms with Gasteiger partial charge in [-0.05, 0) is 43.7 Å². The molecule has 0 aliphatic heterocycles. The Morgan fingerprint density at radius 1 is 1.16 bits per heavy atom. The Hall–Kier alpha value is -0.860. The van der Waals surface area contributed by atoms with Crippen LogP contribution in [-0.4, -0.2) is 24.3 Å². The molecule has 0 heterocycles. The molecule has 105 valence electrons. The molecule has 1 radical (unpaired) electrons. The average molecular weight is 260 g/mol. The monoisotopic (exact) mass is 260 g/mol. The maximum absolute atomic E-state index is 9.92. The zero-order valence-corrected chi connectivity index (χ0v) is 11.7. The van der Waals surface area contributed by atoms with Crippen LogP contribution in [-0.2, 0) is 6.42 Å². The summed E-state index contributed by atoms with van der Waals surface area (Å²) in [7, 11) is 0. The minimum atomic E-state index is -0.344. The standard InChI is InChI=1S/C17H26NO/c19-17(12-11-15-7-3-1-4-8-15)14-18-13-16-9-5-2-6-10-16/h1,3-4,7-8,12,16-19H,2,5-6,9-11,13-14H2. The van der Waals surface area contributed by atoms with Crippen molar-refractivity contribution in [3.63, 3.8) is 0 Å². The van der Waals surface area contributed by atoms with Gasteiger partial charge in [0.05, 0.1) is 6.10 Å². The normalized spacial score (nSPS) is 18.4. The molecule has 0 aromatic heterocycles. The van der Waals surface area contributed by atoms with Crippen LogP contribution < -0.4 is 5.32 Å². The van der Waals surface area contributed by atoms with Crippen LogP contribution in [0.1, 0.15) is 37.7 Å². The minimum Gasteiger partial charge on any atom is -0.391 e. The van der Waals surface area contributed by atoms with Crippen molar-refractivity contribution in [2.24, 2.45) is 5.92 Å². The highest BCUT2D eigenvalue weighted by molar-refractivity contribution is 5.16. The number of benzene rings is 1. The zero-order valence-electron chi connectivity index (χ0n) is 11.7. The Labute approximate surface area is 117 Å². The highest BCUT2D eigenvalue weighted by atomic mass is 16.3. The summed E-state index contributed by atoms with van der Waals surface area (Å²) in [5.41, 5.74) is 1.26. The smallest absolute Gasteiger partial charge is 0.0699 e. The minimum absolute atomic E-state index is 0.344. The van der Waals surface area contributed by atoms with Crippen LogP contribution in [0.4, 0.5) is 0 Å². The molecule has 1 aliphatic rings. The van der Waals surface area contributed by atoms with Gasteiger partial charge in [0.1, 0.15) is 0 Å². The zero-order chi connectivity index (χ0) is 13.3. The fraction of sp³-hybridized carbons (Fsp3) is 0.588. The third-order valence-electron chi connectivity index (χ3n) is 3.98. The highest BCUT2D eigenvalue weighted by Crippen LogP contribution is 2.22. The van der Waals surface area contributed by atoms with E-state index in [0.29, 0.717) is 6.54 Å². The van der Waals surface area contributed by atoms with Crippen molar-refractivity contribution < 1.29 is 5.11 Å². The predicted molar refractivity (Wildman–Crippen MR) is 79.9 cm³/mol. The number of hydrogen-bond acceptors (Lipinski definition) is 2. The lowest BCUT2D eigenvalue weighted by Gasteiger charge is -2.22. The number of aliphatic hydroxyl groups is 1. The van der Waals surface area contributed by atoms with Crippen LogP contribution in [0.15, 0.2) is 30.3 Å². The van der Waals surface area contributed by atoms with Crippen molar-refractivity contribution in [1.29, 1.82) is 0 Å². The van der Waals surface area contributed by atoms with Gasteiger partial charge >= 0.3 is 0 Å². The van der Waals surface area contributed by atoms with Gasteiger partial charge in [0, 0.05) is 6.54 Å². The van der Waals surface area contributed by atoms with Gasteiger partial charge in [-0.2, -0.15) is 0 Å². The van der Waals surface area contributed by atoms with E-state index >= 15 is 0 Å². The van der Waals surface area contributed by atoms with Gasteiger partial charge < -0.3 is 10.4 Å². The van der Waals surface area contributed by atoms with Crippen LogP contribution in [0.5, 0.6) is 0 Å². The van der Waals surface area contributed by atoms with Gasteiger partial charge in [-0.25, -0.2) is 0 Å². The number of nitrogens with one attached hydrogen (secondary N) is 1. The van der Waals surface area contributed by atoms with E-state index in [1.807, 2.05) is 24.6 Å². The molecular weight excluding hydrogens is 234 g/mol. The summed E-state index contributed by atoms with van der Waals surface area (Å²) in [5.74, 6) is 0.829. The summed E-state index contributed by atoms with van der Waals surface area (Å²) < 4.78 is 0. The van der Waals surface area contributed by atoms with Crippen molar-refractivity contribution in [1.82, 2.24) is 5.32 Å². The lowest BCUT2D eigenvalue weighted by atomic mass is 9.89. The number of aliphatic hydroxyl groups excluding tert-OH is 1. The molecule has 0 spiro atoms. The molecule has 0 saturated heterocycles. The topological polar surface area (TPSA) is 32.3 Å². The highest BCUT2D eigenvalue weighted by Gasteiger charge is 2.13. The Bertz CT molecular complexity index is 332. The molecule has 0 amide bonds. The van der Waals surface area contributed by atoms with Crippen molar-refractivity contribution in [2.45, 2.75) is 44.6 Å². The summed E-state index contributed by atoms with van der Waals surface area (Å²) >= 11 is 0. The fourth-order valence-electron chi connectivity index (χ4n) is 2.80. The van der Waals surface area contributed by atoms with E-state index in [1.165, 1.54) is 37.7 Å². The van der Waals surface area contributed by atoms with Crippen LogP contribution in [0, 0.1) is 12.3 Å². The van der Waals surface area contributed by atoms with Crippen molar-refractivity contribution in [2.75, 3.05) is 13.1 Å². The van der Waals surface area contributed by atoms with E-state index in [9.17, 15) is 5.11 Å². The molecule has 2 N–H and O–H groups in total. The second kappa shape index (κ2) is 8.34. The van der Waals surface area contributed by atoms with E-state index in [4.69, 9.17) is 0 Å². The summed E-state index contributed by atoms with van der Waals surface area (Å²) in [5, 5.41) is 13.3. The first-order valence-corrected chi connectivity index (χ1v) is 7.60. The first kappa shape index (κ1) is 14.5. The first-order chi connectivity index (χ1) is 9.34. The summed E-state index contributed by atoms with van der Waals surface area (Å²) in [6.07, 6.45) is 9.38. The van der Waals surface area contributed by atoms with Gasteiger partial charge in [0.2, 0.25) is 0 Å². The molecule has 2 nitrogen and oxygen atoms in total. The Balaban J connectivity index is 1.55. The molecule has 1 unspecified atom stereocenters. The Morgan fingerprint density at radius 2 is 1.89 bits per heavy atom. The van der Waals surface area contributed by atoms with Gasteiger partial charge in [-0.1, -0.05) is 49.6 Å². The summed E-state index contributed by atoms with van der Waals surface area (Å²) in [4.78, 5) is 0. The van der Waals surface area contributed by atoms with E-state index in [2.05, 4.69) is 17.4 Å². The molecule has 19 heavy (non-hydrogen) atoms. The summed E-state index contributed by atoms with van der Waals surface area (Å²) in [6.45, 7) is 1.75. The molecule has 2 heteroatoms. The molecule has 1 saturated carbocycles. The van der Waals surface area contributed by atoms with Gasteiger partial charge in [-0.3, -0.25) is 0 Å². The van der Waals surface area contributed by atoms with Crippen LogP contribution in [0.25, 0.3) is 0 Å². The summed E-state index contributed by atoms with van der Waals surface area (Å²) in [6, 6.07) is 10.3. The molecule has 1 aromatic carbocycles. The van der Waals surface area contributed by atoms with E-state index in [-0.39, 0.29) is 6.10 Å². The lowest BCUT2D eigenvalue weighted by Crippen LogP contribution is -2.32. The van der Waals surface area contributed by atoms with Crippen molar-refractivity contribution in [3.8, 4) is 0 Å².